The zero-order chi connectivity index (χ0) is 21.5. The quantitative estimate of drug-likeness (QED) is 0.676. The first-order valence-electron chi connectivity index (χ1n) is 10.5. The van der Waals surface area contributed by atoms with Crippen LogP contribution in [0.15, 0.2) is 48.5 Å². The van der Waals surface area contributed by atoms with Crippen molar-refractivity contribution < 1.29 is 19.4 Å². The normalized spacial score (nSPS) is 15.0. The molecule has 6 heteroatoms. The Morgan fingerprint density at radius 1 is 1.07 bits per heavy atom. The Balaban J connectivity index is 1.45. The first kappa shape index (κ1) is 21.8. The van der Waals surface area contributed by atoms with Crippen molar-refractivity contribution in [3.05, 3.63) is 59.7 Å². The fourth-order valence-electron chi connectivity index (χ4n) is 3.75. The second kappa shape index (κ2) is 10.3. The van der Waals surface area contributed by atoms with Crippen molar-refractivity contribution in [2.24, 2.45) is 5.92 Å². The Morgan fingerprint density at radius 3 is 2.30 bits per heavy atom. The molecule has 0 atom stereocenters. The summed E-state index contributed by atoms with van der Waals surface area (Å²) in [7, 11) is 1.82. The van der Waals surface area contributed by atoms with Crippen LogP contribution in [-0.4, -0.2) is 59.9 Å². The number of nitrogens with zero attached hydrogens (tertiary/aromatic N) is 2. The van der Waals surface area contributed by atoms with Crippen LogP contribution >= 0.6 is 0 Å². The highest BCUT2D eigenvalue weighted by Crippen LogP contribution is 2.23. The van der Waals surface area contributed by atoms with E-state index in [0.717, 1.165) is 37.2 Å². The molecule has 1 aliphatic heterocycles. The van der Waals surface area contributed by atoms with Gasteiger partial charge in [-0.2, -0.15) is 0 Å². The van der Waals surface area contributed by atoms with Crippen LogP contribution in [0.1, 0.15) is 35.7 Å². The number of carbonyl (C=O) groups is 2. The number of benzene rings is 2. The summed E-state index contributed by atoms with van der Waals surface area (Å²) in [5.74, 6) is 1.16. The maximum absolute atomic E-state index is 12.6. The number of likely N-dealkylation sites (tertiary alicyclic amines) is 1. The zero-order valence-corrected chi connectivity index (χ0v) is 17.7. The topological polar surface area (TPSA) is 70.1 Å². The Bertz CT molecular complexity index is 841. The smallest absolute Gasteiger partial charge is 0.236 e. The summed E-state index contributed by atoms with van der Waals surface area (Å²) in [4.78, 5) is 29.1. The van der Waals surface area contributed by atoms with Crippen LogP contribution in [-0.2, 0) is 11.3 Å². The Kier molecular flexibility index (Phi) is 7.46. The molecule has 2 aromatic carbocycles. The average molecular weight is 411 g/mol. The van der Waals surface area contributed by atoms with Gasteiger partial charge in [-0.3, -0.25) is 14.5 Å². The third-order valence-electron chi connectivity index (χ3n) is 5.55. The number of ether oxygens (including phenoxy) is 1. The van der Waals surface area contributed by atoms with E-state index in [2.05, 4.69) is 4.90 Å². The predicted octanol–water partition coefficient (Wildman–Crippen LogP) is 3.34. The van der Waals surface area contributed by atoms with E-state index in [-0.39, 0.29) is 23.4 Å². The second-order valence-electron chi connectivity index (χ2n) is 7.79. The molecule has 0 bridgehead atoms. The summed E-state index contributed by atoms with van der Waals surface area (Å²) in [6, 6.07) is 14.2. The molecule has 1 aliphatic rings. The highest BCUT2D eigenvalue weighted by molar-refractivity contribution is 5.98. The SMILES string of the molecule is CCOc1ccc(CN(C)C(=O)CN2CCC(C(=O)c3ccc(O)cc3)CC2)cc1. The van der Waals surface area contributed by atoms with Crippen LogP contribution < -0.4 is 4.74 Å². The van der Waals surface area contributed by atoms with Crippen molar-refractivity contribution in [2.75, 3.05) is 33.3 Å². The van der Waals surface area contributed by atoms with E-state index in [1.807, 2.05) is 38.2 Å². The summed E-state index contributed by atoms with van der Waals surface area (Å²) in [6.45, 7) is 4.98. The number of hydrogen-bond donors (Lipinski definition) is 1. The van der Waals surface area contributed by atoms with Crippen molar-refractivity contribution in [3.63, 3.8) is 0 Å². The molecule has 0 aliphatic carbocycles. The lowest BCUT2D eigenvalue weighted by atomic mass is 9.89. The fraction of sp³-hybridized carbons (Fsp3) is 0.417. The minimum absolute atomic E-state index is 0.0255. The molecule has 0 spiro atoms. The number of phenols is 1. The summed E-state index contributed by atoms with van der Waals surface area (Å²) in [5.41, 5.74) is 1.70. The van der Waals surface area contributed by atoms with Gasteiger partial charge in [0, 0.05) is 25.1 Å². The molecular formula is C24H30N2O4. The zero-order valence-electron chi connectivity index (χ0n) is 17.7. The molecule has 3 rings (SSSR count). The molecule has 0 aromatic heterocycles. The number of Topliss-reactive ketones (excluding diaryl/α,β-unsaturated/α-hetero) is 1. The lowest BCUT2D eigenvalue weighted by molar-refractivity contribution is -0.131. The van der Waals surface area contributed by atoms with E-state index in [1.165, 1.54) is 0 Å². The van der Waals surface area contributed by atoms with Crippen molar-refractivity contribution in [1.82, 2.24) is 9.80 Å². The molecule has 1 saturated heterocycles. The van der Waals surface area contributed by atoms with Gasteiger partial charge in [-0.15, -0.1) is 0 Å². The number of amides is 1. The van der Waals surface area contributed by atoms with Gasteiger partial charge in [-0.05, 0) is 74.8 Å². The van der Waals surface area contributed by atoms with Crippen LogP contribution in [0.5, 0.6) is 11.5 Å². The van der Waals surface area contributed by atoms with Gasteiger partial charge in [0.1, 0.15) is 11.5 Å². The molecule has 0 saturated carbocycles. The molecule has 1 fully saturated rings. The molecule has 160 valence electrons. The molecule has 2 aromatic rings. The van der Waals surface area contributed by atoms with Crippen molar-refractivity contribution in [2.45, 2.75) is 26.3 Å². The van der Waals surface area contributed by atoms with Crippen LogP contribution in [0.25, 0.3) is 0 Å². The monoisotopic (exact) mass is 410 g/mol. The summed E-state index contributed by atoms with van der Waals surface area (Å²) in [5, 5.41) is 9.38. The number of carbonyl (C=O) groups excluding carboxylic acids is 2. The first-order valence-corrected chi connectivity index (χ1v) is 10.5. The summed E-state index contributed by atoms with van der Waals surface area (Å²) >= 11 is 0. The van der Waals surface area contributed by atoms with Gasteiger partial charge in [-0.1, -0.05) is 12.1 Å². The van der Waals surface area contributed by atoms with Gasteiger partial charge in [0.15, 0.2) is 5.78 Å². The third kappa shape index (κ3) is 5.83. The molecule has 6 nitrogen and oxygen atoms in total. The molecule has 0 unspecified atom stereocenters. The standard InChI is InChI=1S/C24H30N2O4/c1-3-30-22-10-4-18(5-11-22)16-25(2)23(28)17-26-14-12-20(13-15-26)24(29)19-6-8-21(27)9-7-19/h4-11,20,27H,3,12-17H2,1-2H3. The number of piperidine rings is 1. The number of rotatable bonds is 8. The molecule has 30 heavy (non-hydrogen) atoms. The number of phenolic OH excluding ortho intramolecular Hbond substituents is 1. The predicted molar refractivity (Wildman–Crippen MR) is 116 cm³/mol. The molecule has 0 radical (unpaired) electrons. The van der Waals surface area contributed by atoms with E-state index in [4.69, 9.17) is 4.74 Å². The number of aromatic hydroxyl groups is 1. The minimum atomic E-state index is -0.0255. The van der Waals surface area contributed by atoms with Crippen LogP contribution in [0, 0.1) is 5.92 Å². The van der Waals surface area contributed by atoms with Gasteiger partial charge < -0.3 is 14.7 Å². The Hall–Kier alpha value is -2.86. The number of likely N-dealkylation sites (N-methyl/N-ethyl adjacent to an activating group) is 1. The second-order valence-corrected chi connectivity index (χ2v) is 7.79. The molecular weight excluding hydrogens is 380 g/mol. The lowest BCUT2D eigenvalue weighted by Crippen LogP contribution is -2.43. The largest absolute Gasteiger partial charge is 0.508 e. The van der Waals surface area contributed by atoms with Gasteiger partial charge in [-0.25, -0.2) is 0 Å². The molecule has 1 heterocycles. The van der Waals surface area contributed by atoms with Gasteiger partial charge in [0.25, 0.3) is 0 Å². The molecule has 1 amide bonds. The lowest BCUT2D eigenvalue weighted by Gasteiger charge is -2.32. The van der Waals surface area contributed by atoms with E-state index in [9.17, 15) is 14.7 Å². The van der Waals surface area contributed by atoms with Crippen LogP contribution in [0.3, 0.4) is 0 Å². The highest BCUT2D eigenvalue weighted by Gasteiger charge is 2.27. The number of hydrogen-bond acceptors (Lipinski definition) is 5. The van der Waals surface area contributed by atoms with Gasteiger partial charge >= 0.3 is 0 Å². The van der Waals surface area contributed by atoms with E-state index < -0.39 is 0 Å². The van der Waals surface area contributed by atoms with E-state index >= 15 is 0 Å². The van der Waals surface area contributed by atoms with Crippen LogP contribution in [0.2, 0.25) is 0 Å². The summed E-state index contributed by atoms with van der Waals surface area (Å²) in [6.07, 6.45) is 1.49. The van der Waals surface area contributed by atoms with Crippen molar-refractivity contribution in [3.8, 4) is 11.5 Å². The maximum Gasteiger partial charge on any atom is 0.236 e. The Morgan fingerprint density at radius 2 is 1.70 bits per heavy atom. The summed E-state index contributed by atoms with van der Waals surface area (Å²) < 4.78 is 5.45. The molecule has 1 N–H and O–H groups in total. The third-order valence-corrected chi connectivity index (χ3v) is 5.55. The first-order chi connectivity index (χ1) is 14.5. The fourth-order valence-corrected chi connectivity index (χ4v) is 3.75. The van der Waals surface area contributed by atoms with E-state index in [1.54, 1.807) is 29.2 Å². The Labute approximate surface area is 178 Å². The highest BCUT2D eigenvalue weighted by atomic mass is 16.5. The van der Waals surface area contributed by atoms with Crippen molar-refractivity contribution >= 4 is 11.7 Å². The minimum Gasteiger partial charge on any atom is -0.508 e. The van der Waals surface area contributed by atoms with Gasteiger partial charge in [0.2, 0.25) is 5.91 Å². The number of ketones is 1. The van der Waals surface area contributed by atoms with E-state index in [0.29, 0.717) is 25.3 Å². The van der Waals surface area contributed by atoms with Gasteiger partial charge in [0.05, 0.1) is 13.2 Å². The average Bonchev–Trinajstić information content (AvgIpc) is 2.76. The maximum atomic E-state index is 12.6. The van der Waals surface area contributed by atoms with Crippen molar-refractivity contribution in [1.29, 1.82) is 0 Å². The van der Waals surface area contributed by atoms with Crippen LogP contribution in [0.4, 0.5) is 0 Å².